The fraction of sp³-hybridized carbons (Fsp3) is 0.294. The molecule has 1 amide bonds. The number of hydrogen-bond acceptors (Lipinski definition) is 5. The molecule has 0 aliphatic carbocycles. The van der Waals surface area contributed by atoms with Gasteiger partial charge >= 0.3 is 0 Å². The molecule has 0 spiro atoms. The molecule has 0 fully saturated rings. The van der Waals surface area contributed by atoms with E-state index in [2.05, 4.69) is 41.5 Å². The molecule has 2 aromatic rings. The molecule has 8 heteroatoms. The van der Waals surface area contributed by atoms with E-state index in [0.717, 1.165) is 22.1 Å². The number of carbonyl (C=O) groups is 1. The zero-order chi connectivity index (χ0) is 18.0. The van der Waals surface area contributed by atoms with Gasteiger partial charge in [0.15, 0.2) is 0 Å². The van der Waals surface area contributed by atoms with E-state index in [1.165, 1.54) is 0 Å². The molecular weight excluding hydrogens is 406 g/mol. The summed E-state index contributed by atoms with van der Waals surface area (Å²) in [5.74, 6) is -0.163. The maximum atomic E-state index is 12.6. The van der Waals surface area contributed by atoms with Crippen LogP contribution in [-0.2, 0) is 4.79 Å². The Labute approximate surface area is 159 Å². The summed E-state index contributed by atoms with van der Waals surface area (Å²) in [4.78, 5) is 25.6. The van der Waals surface area contributed by atoms with Crippen LogP contribution in [0.5, 0.6) is 0 Å². The van der Waals surface area contributed by atoms with E-state index in [0.29, 0.717) is 23.6 Å². The van der Waals surface area contributed by atoms with Gasteiger partial charge in [0.1, 0.15) is 11.7 Å². The third-order valence-electron chi connectivity index (χ3n) is 3.88. The lowest BCUT2D eigenvalue weighted by Gasteiger charge is -2.15. The minimum atomic E-state index is -0.567. The Morgan fingerprint density at radius 3 is 2.96 bits per heavy atom. The monoisotopic (exact) mass is 421 g/mol. The van der Waals surface area contributed by atoms with Crippen molar-refractivity contribution < 1.29 is 4.79 Å². The highest BCUT2D eigenvalue weighted by atomic mass is 79.9. The van der Waals surface area contributed by atoms with Crippen LogP contribution in [0, 0.1) is 0 Å². The van der Waals surface area contributed by atoms with Crippen molar-refractivity contribution in [2.45, 2.75) is 19.3 Å². The average Bonchev–Trinajstić information content (AvgIpc) is 2.90. The largest absolute Gasteiger partial charge is 0.372 e. The van der Waals surface area contributed by atoms with Gasteiger partial charge in [0, 0.05) is 30.0 Å². The first-order valence-corrected chi connectivity index (χ1v) is 9.07. The quantitative estimate of drug-likeness (QED) is 0.567. The van der Waals surface area contributed by atoms with Crippen LogP contribution >= 0.6 is 27.5 Å². The first kappa shape index (κ1) is 17.8. The van der Waals surface area contributed by atoms with Crippen molar-refractivity contribution in [3.05, 3.63) is 44.8 Å². The molecule has 130 valence electrons. The van der Waals surface area contributed by atoms with Crippen molar-refractivity contribution in [2.24, 2.45) is 4.99 Å². The number of aromatic nitrogens is 2. The molecule has 1 aliphatic heterocycles. The van der Waals surface area contributed by atoms with Gasteiger partial charge in [0.2, 0.25) is 11.2 Å². The van der Waals surface area contributed by atoms with Crippen LogP contribution in [0.1, 0.15) is 36.1 Å². The summed E-state index contributed by atoms with van der Waals surface area (Å²) in [6.45, 7) is 2.73. The third kappa shape index (κ3) is 3.52. The van der Waals surface area contributed by atoms with Crippen LogP contribution in [0.15, 0.2) is 27.7 Å². The first-order valence-electron chi connectivity index (χ1n) is 7.90. The second kappa shape index (κ2) is 7.49. The number of hydrogen-bond donors (Lipinski definition) is 2. The summed E-state index contributed by atoms with van der Waals surface area (Å²) in [5.41, 5.74) is 2.84. The third-order valence-corrected chi connectivity index (χ3v) is 4.54. The number of amides is 1. The van der Waals surface area contributed by atoms with E-state index in [1.807, 2.05) is 25.1 Å². The average molecular weight is 423 g/mol. The molecule has 1 aromatic carbocycles. The molecule has 0 saturated carbocycles. The molecule has 1 aliphatic rings. The molecule has 6 nitrogen and oxygen atoms in total. The number of fused-ring (bicyclic) bond motifs is 1. The Morgan fingerprint density at radius 1 is 1.44 bits per heavy atom. The van der Waals surface area contributed by atoms with Crippen LogP contribution in [0.25, 0.3) is 0 Å². The number of carbonyl (C=O) groups excluding carboxylic acids is 1. The predicted molar refractivity (Wildman–Crippen MR) is 104 cm³/mol. The van der Waals surface area contributed by atoms with Gasteiger partial charge in [0.25, 0.3) is 0 Å². The molecular formula is C17H17BrClN5O. The van der Waals surface area contributed by atoms with Crippen LogP contribution < -0.4 is 10.6 Å². The minimum Gasteiger partial charge on any atom is -0.372 e. The van der Waals surface area contributed by atoms with Crippen molar-refractivity contribution >= 4 is 51.2 Å². The predicted octanol–water partition coefficient (Wildman–Crippen LogP) is 3.85. The maximum Gasteiger partial charge on any atom is 0.238 e. The van der Waals surface area contributed by atoms with Crippen LogP contribution in [0.2, 0.25) is 5.28 Å². The summed E-state index contributed by atoms with van der Waals surface area (Å²) < 4.78 is 0.892. The van der Waals surface area contributed by atoms with Gasteiger partial charge < -0.3 is 10.6 Å². The van der Waals surface area contributed by atoms with Crippen molar-refractivity contribution in [2.75, 3.05) is 24.2 Å². The summed E-state index contributed by atoms with van der Waals surface area (Å²) >= 11 is 9.56. The highest BCUT2D eigenvalue weighted by Crippen LogP contribution is 2.40. The molecule has 0 radical (unpaired) electrons. The zero-order valence-corrected chi connectivity index (χ0v) is 16.1. The Bertz CT molecular complexity index is 855. The van der Waals surface area contributed by atoms with Crippen molar-refractivity contribution in [3.63, 3.8) is 0 Å². The van der Waals surface area contributed by atoms with Crippen molar-refractivity contribution in [1.82, 2.24) is 9.97 Å². The summed E-state index contributed by atoms with van der Waals surface area (Å²) in [6, 6.07) is 5.67. The van der Waals surface area contributed by atoms with Gasteiger partial charge in [-0.15, -0.1) is 0 Å². The summed E-state index contributed by atoms with van der Waals surface area (Å²) in [6.07, 6.45) is 2.64. The smallest absolute Gasteiger partial charge is 0.238 e. The topological polar surface area (TPSA) is 79.3 Å². The SMILES string of the molecule is CCCN=Cc1c(NC)nc(Cl)nc1C1C(=O)Nc2ccc(Br)cc21. The van der Waals surface area contributed by atoms with Crippen molar-refractivity contribution in [1.29, 1.82) is 0 Å². The van der Waals surface area contributed by atoms with Crippen LogP contribution in [-0.4, -0.2) is 35.7 Å². The summed E-state index contributed by atoms with van der Waals surface area (Å²) in [7, 11) is 1.75. The number of aliphatic imine (C=N–C) groups is 1. The van der Waals surface area contributed by atoms with E-state index in [4.69, 9.17) is 11.6 Å². The van der Waals surface area contributed by atoms with Gasteiger partial charge in [-0.05, 0) is 41.8 Å². The maximum absolute atomic E-state index is 12.6. The first-order chi connectivity index (χ1) is 12.0. The fourth-order valence-corrected chi connectivity index (χ4v) is 3.34. The Kier molecular flexibility index (Phi) is 5.34. The van der Waals surface area contributed by atoms with E-state index in [9.17, 15) is 4.79 Å². The van der Waals surface area contributed by atoms with Crippen molar-refractivity contribution in [3.8, 4) is 0 Å². The standard InChI is InChI=1S/C17H17BrClN5O/c1-3-6-21-8-11-14(23-17(19)24-15(11)20-2)13-10-7-9(18)4-5-12(10)22-16(13)25/h4-5,7-8,13H,3,6H2,1-2H3,(H,22,25)(H,20,23,24). The van der Waals surface area contributed by atoms with Gasteiger partial charge in [-0.25, -0.2) is 9.97 Å². The van der Waals surface area contributed by atoms with Gasteiger partial charge in [-0.2, -0.15) is 0 Å². The normalized spacial score (nSPS) is 16.2. The fourth-order valence-electron chi connectivity index (χ4n) is 2.79. The number of nitrogens with one attached hydrogen (secondary N) is 2. The molecule has 1 unspecified atom stereocenters. The van der Waals surface area contributed by atoms with Gasteiger partial charge in [0.05, 0.1) is 11.3 Å². The molecule has 2 heterocycles. The van der Waals surface area contributed by atoms with E-state index < -0.39 is 5.92 Å². The number of anilines is 2. The second-order valence-electron chi connectivity index (χ2n) is 5.58. The molecule has 1 atom stereocenters. The minimum absolute atomic E-state index is 0.0863. The Balaban J connectivity index is 2.18. The second-order valence-corrected chi connectivity index (χ2v) is 6.83. The Morgan fingerprint density at radius 2 is 2.24 bits per heavy atom. The van der Waals surface area contributed by atoms with Crippen LogP contribution in [0.4, 0.5) is 11.5 Å². The number of rotatable bonds is 5. The number of halogens is 2. The zero-order valence-electron chi connectivity index (χ0n) is 13.8. The molecule has 0 saturated heterocycles. The highest BCUT2D eigenvalue weighted by Gasteiger charge is 2.35. The molecule has 25 heavy (non-hydrogen) atoms. The molecule has 2 N–H and O–H groups in total. The molecule has 1 aromatic heterocycles. The molecule has 0 bridgehead atoms. The Hall–Kier alpha value is -1.99. The lowest BCUT2D eigenvalue weighted by molar-refractivity contribution is -0.116. The number of benzene rings is 1. The lowest BCUT2D eigenvalue weighted by atomic mass is 9.94. The van der Waals surface area contributed by atoms with E-state index in [-0.39, 0.29) is 11.2 Å². The van der Waals surface area contributed by atoms with E-state index in [1.54, 1.807) is 13.3 Å². The number of nitrogens with zero attached hydrogens (tertiary/aromatic N) is 3. The van der Waals surface area contributed by atoms with Gasteiger partial charge in [-0.3, -0.25) is 9.79 Å². The summed E-state index contributed by atoms with van der Waals surface area (Å²) in [5, 5.41) is 5.99. The lowest BCUT2D eigenvalue weighted by Crippen LogP contribution is -2.18. The highest BCUT2D eigenvalue weighted by molar-refractivity contribution is 9.10. The van der Waals surface area contributed by atoms with Gasteiger partial charge in [-0.1, -0.05) is 22.9 Å². The van der Waals surface area contributed by atoms with E-state index >= 15 is 0 Å². The van der Waals surface area contributed by atoms with Crippen LogP contribution in [0.3, 0.4) is 0 Å². The molecule has 3 rings (SSSR count).